The molecule has 0 saturated heterocycles. The minimum atomic E-state index is -0.624. The smallest absolute Gasteiger partial charge is 0.409 e. The maximum Gasteiger partial charge on any atom is 0.409 e. The number of nitro groups is 1. The van der Waals surface area contributed by atoms with E-state index in [4.69, 9.17) is 20.2 Å². The molecule has 3 N–H and O–H groups in total. The fourth-order valence-corrected chi connectivity index (χ4v) is 4.09. The number of ether oxygens (including phenoxy) is 2. The number of methoxy groups -OCH3 is 1. The number of rotatable bonds is 8. The van der Waals surface area contributed by atoms with Gasteiger partial charge in [-0.05, 0) is 24.6 Å². The molecule has 11 heteroatoms. The number of nitrogens with zero attached hydrogens (tertiary/aromatic N) is 3. The van der Waals surface area contributed by atoms with Crippen LogP contribution in [0.5, 0.6) is 5.75 Å². The first kappa shape index (κ1) is 26.1. The summed E-state index contributed by atoms with van der Waals surface area (Å²) in [6, 6.07) is 15.1. The van der Waals surface area contributed by atoms with Crippen LogP contribution in [0.25, 0.3) is 21.8 Å². The number of amides is 2. The van der Waals surface area contributed by atoms with Crippen molar-refractivity contribution in [1.82, 2.24) is 15.2 Å². The molecule has 4 rings (SSSR count). The number of non-ortho nitro benzene ring substituents is 1. The van der Waals surface area contributed by atoms with Gasteiger partial charge in [0.05, 0.1) is 40.4 Å². The Morgan fingerprint density at radius 3 is 2.53 bits per heavy atom. The van der Waals surface area contributed by atoms with Crippen LogP contribution < -0.4 is 15.8 Å². The number of hydrogen-bond donors (Lipinski definition) is 2. The SMILES string of the molecule is COc1cc([N+](=O)[O-])ccc1COC(=O)N(C)CCNC(=O)c1cccc2c(N)c3cccc(C)c3nc12. The number of pyridine rings is 1. The Morgan fingerprint density at radius 2 is 1.82 bits per heavy atom. The van der Waals surface area contributed by atoms with E-state index < -0.39 is 11.0 Å². The summed E-state index contributed by atoms with van der Waals surface area (Å²) in [5, 5.41) is 15.3. The molecular weight excluding hydrogens is 490 g/mol. The monoisotopic (exact) mass is 517 g/mol. The third-order valence-corrected chi connectivity index (χ3v) is 6.20. The largest absolute Gasteiger partial charge is 0.496 e. The Hall–Kier alpha value is -4.93. The highest BCUT2D eigenvalue weighted by molar-refractivity contribution is 6.13. The van der Waals surface area contributed by atoms with E-state index in [9.17, 15) is 19.7 Å². The van der Waals surface area contributed by atoms with Gasteiger partial charge < -0.3 is 25.4 Å². The number of likely N-dealkylation sites (N-methyl/N-ethyl adjacent to an activating group) is 1. The fourth-order valence-electron chi connectivity index (χ4n) is 4.09. The highest BCUT2D eigenvalue weighted by Crippen LogP contribution is 2.31. The molecule has 0 bridgehead atoms. The third-order valence-electron chi connectivity index (χ3n) is 6.20. The Balaban J connectivity index is 1.38. The summed E-state index contributed by atoms with van der Waals surface area (Å²) in [7, 11) is 2.92. The first-order valence-electron chi connectivity index (χ1n) is 11.8. The molecule has 3 aromatic carbocycles. The zero-order chi connectivity index (χ0) is 27.4. The molecule has 0 aliphatic rings. The number of para-hydroxylation sites is 2. The second-order valence-corrected chi connectivity index (χ2v) is 8.68. The molecule has 0 atom stereocenters. The second-order valence-electron chi connectivity index (χ2n) is 8.68. The maximum absolute atomic E-state index is 13.0. The standard InChI is InChI=1S/C27H27N5O6/c1-16-6-4-7-19-23(28)20-8-5-9-21(25(20)30-24(16)19)26(33)29-12-13-31(2)27(34)38-15-17-10-11-18(32(35)36)14-22(17)37-3/h4-11,14H,12-13,15H2,1-3H3,(H2,28,30)(H,29,33). The molecule has 2 amide bonds. The van der Waals surface area contributed by atoms with Crippen LogP contribution in [0.3, 0.4) is 0 Å². The minimum absolute atomic E-state index is 0.128. The zero-order valence-electron chi connectivity index (χ0n) is 21.2. The predicted octanol–water partition coefficient (Wildman–Crippen LogP) is 4.19. The molecule has 0 aliphatic heterocycles. The van der Waals surface area contributed by atoms with Crippen molar-refractivity contribution in [2.75, 3.05) is 33.0 Å². The summed E-state index contributed by atoms with van der Waals surface area (Å²) < 4.78 is 10.5. The van der Waals surface area contributed by atoms with E-state index >= 15 is 0 Å². The normalized spacial score (nSPS) is 10.8. The number of nitrogen functional groups attached to an aromatic ring is 1. The number of aromatic nitrogens is 1. The van der Waals surface area contributed by atoms with Crippen LogP contribution in [0.1, 0.15) is 21.5 Å². The Labute approximate surface area is 218 Å². The van der Waals surface area contributed by atoms with Gasteiger partial charge in [-0.3, -0.25) is 14.9 Å². The number of nitrogens with one attached hydrogen (secondary N) is 1. The number of carbonyl (C=O) groups is 2. The van der Waals surface area contributed by atoms with Crippen LogP contribution >= 0.6 is 0 Å². The second kappa shape index (κ2) is 11.0. The highest BCUT2D eigenvalue weighted by Gasteiger charge is 2.17. The van der Waals surface area contributed by atoms with Gasteiger partial charge in [-0.15, -0.1) is 0 Å². The number of aryl methyl sites for hydroxylation is 1. The number of anilines is 1. The molecule has 0 spiro atoms. The summed E-state index contributed by atoms with van der Waals surface area (Å²) in [4.78, 5) is 41.9. The lowest BCUT2D eigenvalue weighted by molar-refractivity contribution is -0.384. The van der Waals surface area contributed by atoms with Crippen molar-refractivity contribution >= 4 is 45.2 Å². The molecule has 11 nitrogen and oxygen atoms in total. The van der Waals surface area contributed by atoms with E-state index in [2.05, 4.69) is 5.32 Å². The Morgan fingerprint density at radius 1 is 1.11 bits per heavy atom. The van der Waals surface area contributed by atoms with Gasteiger partial charge in [-0.25, -0.2) is 9.78 Å². The number of nitrogens with two attached hydrogens (primary N) is 1. The van der Waals surface area contributed by atoms with Crippen LogP contribution in [-0.4, -0.2) is 54.1 Å². The van der Waals surface area contributed by atoms with Gasteiger partial charge in [0.25, 0.3) is 11.6 Å². The van der Waals surface area contributed by atoms with Crippen LogP contribution in [0, 0.1) is 17.0 Å². The van der Waals surface area contributed by atoms with Crippen molar-refractivity contribution in [2.45, 2.75) is 13.5 Å². The van der Waals surface area contributed by atoms with Gasteiger partial charge in [-0.2, -0.15) is 0 Å². The van der Waals surface area contributed by atoms with Crippen molar-refractivity contribution < 1.29 is 24.0 Å². The number of benzene rings is 3. The molecule has 1 heterocycles. The van der Waals surface area contributed by atoms with E-state index in [1.807, 2.05) is 31.2 Å². The van der Waals surface area contributed by atoms with Gasteiger partial charge in [-0.1, -0.05) is 30.3 Å². The molecule has 0 radical (unpaired) electrons. The average Bonchev–Trinajstić information content (AvgIpc) is 2.91. The van der Waals surface area contributed by atoms with Crippen LogP contribution in [0.2, 0.25) is 0 Å². The van der Waals surface area contributed by atoms with Crippen molar-refractivity contribution in [3.05, 3.63) is 81.4 Å². The molecule has 196 valence electrons. The Bertz CT molecular complexity index is 1550. The first-order chi connectivity index (χ1) is 18.2. The summed E-state index contributed by atoms with van der Waals surface area (Å²) in [5.41, 5.74) is 9.92. The van der Waals surface area contributed by atoms with Crippen LogP contribution in [0.15, 0.2) is 54.6 Å². The fraction of sp³-hybridized carbons (Fsp3) is 0.222. The molecular formula is C27H27N5O6. The van der Waals surface area contributed by atoms with Crippen LogP contribution in [0.4, 0.5) is 16.2 Å². The molecule has 0 unspecified atom stereocenters. The lowest BCUT2D eigenvalue weighted by Gasteiger charge is -2.18. The maximum atomic E-state index is 13.0. The number of nitro benzene ring substituents is 1. The first-order valence-corrected chi connectivity index (χ1v) is 11.8. The summed E-state index contributed by atoms with van der Waals surface area (Å²) in [6.07, 6.45) is -0.624. The van der Waals surface area contributed by atoms with Crippen molar-refractivity contribution in [2.24, 2.45) is 0 Å². The molecule has 1 aromatic heterocycles. The van der Waals surface area contributed by atoms with Gasteiger partial charge >= 0.3 is 6.09 Å². The number of fused-ring (bicyclic) bond motifs is 2. The predicted molar refractivity (Wildman–Crippen MR) is 143 cm³/mol. The zero-order valence-corrected chi connectivity index (χ0v) is 21.2. The molecule has 0 fully saturated rings. The van der Waals surface area contributed by atoms with E-state index in [1.165, 1.54) is 37.3 Å². The van der Waals surface area contributed by atoms with Crippen molar-refractivity contribution in [3.63, 3.8) is 0 Å². The summed E-state index contributed by atoms with van der Waals surface area (Å²) in [5.74, 6) is -0.0953. The topological polar surface area (TPSA) is 150 Å². The molecule has 0 aliphatic carbocycles. The highest BCUT2D eigenvalue weighted by atomic mass is 16.6. The van der Waals surface area contributed by atoms with Gasteiger partial charge in [0.1, 0.15) is 12.4 Å². The lowest BCUT2D eigenvalue weighted by Crippen LogP contribution is -2.36. The van der Waals surface area contributed by atoms with Crippen molar-refractivity contribution in [1.29, 1.82) is 0 Å². The third kappa shape index (κ3) is 5.26. The average molecular weight is 518 g/mol. The lowest BCUT2D eigenvalue weighted by atomic mass is 10.0. The van der Waals surface area contributed by atoms with E-state index in [-0.39, 0.29) is 37.0 Å². The number of carbonyl (C=O) groups excluding carboxylic acids is 2. The minimum Gasteiger partial charge on any atom is -0.496 e. The van der Waals surface area contributed by atoms with Gasteiger partial charge in [0.2, 0.25) is 0 Å². The van der Waals surface area contributed by atoms with Crippen molar-refractivity contribution in [3.8, 4) is 5.75 Å². The summed E-state index contributed by atoms with van der Waals surface area (Å²) in [6.45, 7) is 2.16. The number of hydrogen-bond acceptors (Lipinski definition) is 8. The quantitative estimate of drug-likeness (QED) is 0.201. The molecule has 0 saturated carbocycles. The summed E-state index contributed by atoms with van der Waals surface area (Å²) >= 11 is 0. The molecule has 4 aromatic rings. The Kier molecular flexibility index (Phi) is 7.56. The van der Waals surface area contributed by atoms with E-state index in [0.29, 0.717) is 27.7 Å². The molecule has 38 heavy (non-hydrogen) atoms. The van der Waals surface area contributed by atoms with Gasteiger partial charge in [0.15, 0.2) is 0 Å². The van der Waals surface area contributed by atoms with Crippen LogP contribution in [-0.2, 0) is 11.3 Å². The van der Waals surface area contributed by atoms with E-state index in [0.717, 1.165) is 16.5 Å². The van der Waals surface area contributed by atoms with E-state index in [1.54, 1.807) is 12.1 Å². The van der Waals surface area contributed by atoms with Gasteiger partial charge in [0, 0.05) is 42.5 Å².